The summed E-state index contributed by atoms with van der Waals surface area (Å²) < 4.78 is 32.5. The van der Waals surface area contributed by atoms with Crippen molar-refractivity contribution in [3.63, 3.8) is 0 Å². The van der Waals surface area contributed by atoms with Gasteiger partial charge in [-0.2, -0.15) is 0 Å². The minimum absolute atomic E-state index is 0.0702. The maximum atomic E-state index is 10.9. The third kappa shape index (κ3) is 4.99. The van der Waals surface area contributed by atoms with Gasteiger partial charge in [-0.1, -0.05) is 12.1 Å². The molecule has 0 spiro atoms. The van der Waals surface area contributed by atoms with Crippen molar-refractivity contribution in [2.45, 2.75) is 19.4 Å². The van der Waals surface area contributed by atoms with Crippen molar-refractivity contribution in [2.24, 2.45) is 0 Å². The van der Waals surface area contributed by atoms with Crippen LogP contribution in [-0.4, -0.2) is 46.9 Å². The molecule has 28 heavy (non-hydrogen) atoms. The second kappa shape index (κ2) is 10.6. The SMILES string of the molecule is CCOCOc1c(OC)cccc1C(O)Cc1cc(OC)c(OC)c(OC)c1. The minimum atomic E-state index is -0.838. The molecule has 0 aromatic heterocycles. The van der Waals surface area contributed by atoms with Crippen LogP contribution in [0.2, 0.25) is 0 Å². The first-order valence-corrected chi connectivity index (χ1v) is 8.93. The molecule has 2 aromatic rings. The van der Waals surface area contributed by atoms with Gasteiger partial charge in [0, 0.05) is 18.6 Å². The summed E-state index contributed by atoms with van der Waals surface area (Å²) in [5.74, 6) is 2.55. The molecular weight excluding hydrogens is 364 g/mol. The highest BCUT2D eigenvalue weighted by Crippen LogP contribution is 2.40. The van der Waals surface area contributed by atoms with E-state index >= 15 is 0 Å². The molecule has 0 fully saturated rings. The van der Waals surface area contributed by atoms with Gasteiger partial charge in [0.05, 0.1) is 34.5 Å². The lowest BCUT2D eigenvalue weighted by molar-refractivity contribution is 0.0186. The predicted molar refractivity (Wildman–Crippen MR) is 105 cm³/mol. The number of benzene rings is 2. The molecule has 0 heterocycles. The van der Waals surface area contributed by atoms with Crippen molar-refractivity contribution in [2.75, 3.05) is 41.8 Å². The van der Waals surface area contributed by atoms with Gasteiger partial charge < -0.3 is 33.5 Å². The van der Waals surface area contributed by atoms with Crippen molar-refractivity contribution in [3.05, 3.63) is 41.5 Å². The van der Waals surface area contributed by atoms with Crippen molar-refractivity contribution >= 4 is 0 Å². The topological polar surface area (TPSA) is 75.6 Å². The van der Waals surface area contributed by atoms with Crippen LogP contribution in [0, 0.1) is 0 Å². The van der Waals surface area contributed by atoms with Gasteiger partial charge >= 0.3 is 0 Å². The van der Waals surface area contributed by atoms with Crippen molar-refractivity contribution in [1.29, 1.82) is 0 Å². The largest absolute Gasteiger partial charge is 0.493 e. The molecule has 0 saturated carbocycles. The summed E-state index contributed by atoms with van der Waals surface area (Å²) in [4.78, 5) is 0. The average molecular weight is 392 g/mol. The summed E-state index contributed by atoms with van der Waals surface area (Å²) in [7, 11) is 6.21. The molecule has 2 rings (SSSR count). The summed E-state index contributed by atoms with van der Waals surface area (Å²) in [6.07, 6.45) is -0.524. The highest BCUT2D eigenvalue weighted by atomic mass is 16.7. The molecule has 154 valence electrons. The molecule has 0 aliphatic rings. The lowest BCUT2D eigenvalue weighted by atomic mass is 9.99. The molecule has 1 N–H and O–H groups in total. The number of rotatable bonds is 11. The number of aliphatic hydroxyl groups is 1. The van der Waals surface area contributed by atoms with Gasteiger partial charge in [-0.25, -0.2) is 0 Å². The van der Waals surface area contributed by atoms with Gasteiger partial charge in [-0.3, -0.25) is 0 Å². The van der Waals surface area contributed by atoms with E-state index in [9.17, 15) is 5.11 Å². The van der Waals surface area contributed by atoms with E-state index in [1.165, 1.54) is 0 Å². The van der Waals surface area contributed by atoms with Gasteiger partial charge in [0.15, 0.2) is 29.8 Å². The van der Waals surface area contributed by atoms with E-state index in [0.717, 1.165) is 5.56 Å². The van der Waals surface area contributed by atoms with Crippen LogP contribution in [0.5, 0.6) is 28.7 Å². The van der Waals surface area contributed by atoms with E-state index in [-0.39, 0.29) is 6.79 Å². The highest BCUT2D eigenvalue weighted by molar-refractivity contribution is 5.54. The Hall–Kier alpha value is -2.64. The van der Waals surface area contributed by atoms with E-state index < -0.39 is 6.10 Å². The number of aliphatic hydroxyl groups excluding tert-OH is 1. The average Bonchev–Trinajstić information content (AvgIpc) is 2.72. The zero-order valence-corrected chi connectivity index (χ0v) is 17.0. The number of hydrogen-bond donors (Lipinski definition) is 1. The van der Waals surface area contributed by atoms with Crippen molar-refractivity contribution < 1.29 is 33.5 Å². The molecule has 7 nitrogen and oxygen atoms in total. The lowest BCUT2D eigenvalue weighted by Crippen LogP contribution is -2.09. The molecule has 7 heteroatoms. The number of hydrogen-bond acceptors (Lipinski definition) is 7. The normalized spacial score (nSPS) is 11.6. The molecule has 0 radical (unpaired) electrons. The van der Waals surface area contributed by atoms with Gasteiger partial charge in [-0.15, -0.1) is 0 Å². The number of ether oxygens (including phenoxy) is 6. The fourth-order valence-electron chi connectivity index (χ4n) is 2.88. The van der Waals surface area contributed by atoms with E-state index in [0.29, 0.717) is 47.3 Å². The van der Waals surface area contributed by atoms with Gasteiger partial charge in [0.1, 0.15) is 0 Å². The Labute approximate surface area is 165 Å². The van der Waals surface area contributed by atoms with Gasteiger partial charge in [0.25, 0.3) is 0 Å². The van der Waals surface area contributed by atoms with Crippen LogP contribution in [-0.2, 0) is 11.2 Å². The Morgan fingerprint density at radius 2 is 1.50 bits per heavy atom. The van der Waals surface area contributed by atoms with E-state index in [2.05, 4.69) is 0 Å². The molecule has 0 saturated heterocycles. The van der Waals surface area contributed by atoms with Crippen LogP contribution in [0.4, 0.5) is 0 Å². The van der Waals surface area contributed by atoms with Gasteiger partial charge in [-0.05, 0) is 30.7 Å². The predicted octanol–water partition coefficient (Wildman–Crippen LogP) is 3.37. The van der Waals surface area contributed by atoms with Crippen molar-refractivity contribution in [1.82, 2.24) is 0 Å². The van der Waals surface area contributed by atoms with Crippen LogP contribution in [0.3, 0.4) is 0 Å². The standard InChI is InChI=1S/C21H28O7/c1-6-27-13-28-20-15(8-7-9-17(20)23-2)16(22)10-14-11-18(24-3)21(26-5)19(12-14)25-4/h7-9,11-12,16,22H,6,10,13H2,1-5H3. The quantitative estimate of drug-likeness (QED) is 0.464. The molecule has 0 amide bonds. The smallest absolute Gasteiger partial charge is 0.203 e. The first kappa shape index (κ1) is 21.7. The van der Waals surface area contributed by atoms with E-state index in [1.54, 1.807) is 46.6 Å². The molecule has 1 atom stereocenters. The molecule has 1 unspecified atom stereocenters. The minimum Gasteiger partial charge on any atom is -0.493 e. The van der Waals surface area contributed by atoms with Crippen LogP contribution < -0.4 is 23.7 Å². The number of para-hydroxylation sites is 1. The van der Waals surface area contributed by atoms with E-state index in [4.69, 9.17) is 28.4 Å². The maximum absolute atomic E-state index is 10.9. The summed E-state index contributed by atoms with van der Waals surface area (Å²) in [5, 5.41) is 10.9. The summed E-state index contributed by atoms with van der Waals surface area (Å²) in [6, 6.07) is 9.00. The summed E-state index contributed by atoms with van der Waals surface area (Å²) in [5.41, 5.74) is 1.42. The third-order valence-corrected chi connectivity index (χ3v) is 4.23. The second-order valence-corrected chi connectivity index (χ2v) is 5.89. The van der Waals surface area contributed by atoms with Crippen LogP contribution in [0.1, 0.15) is 24.2 Å². The molecule has 0 aliphatic carbocycles. The molecule has 0 bridgehead atoms. The Kier molecular flexibility index (Phi) is 8.22. The summed E-state index contributed by atoms with van der Waals surface area (Å²) >= 11 is 0. The molecular formula is C21H28O7. The van der Waals surface area contributed by atoms with Crippen LogP contribution in [0.25, 0.3) is 0 Å². The fourth-order valence-corrected chi connectivity index (χ4v) is 2.88. The van der Waals surface area contributed by atoms with E-state index in [1.807, 2.05) is 19.1 Å². The Morgan fingerprint density at radius 3 is 2.04 bits per heavy atom. The van der Waals surface area contributed by atoms with Crippen LogP contribution >= 0.6 is 0 Å². The first-order valence-electron chi connectivity index (χ1n) is 8.93. The van der Waals surface area contributed by atoms with Crippen LogP contribution in [0.15, 0.2) is 30.3 Å². The zero-order chi connectivity index (χ0) is 20.5. The molecule has 0 aliphatic heterocycles. The number of methoxy groups -OCH3 is 4. The highest BCUT2D eigenvalue weighted by Gasteiger charge is 2.20. The Balaban J connectivity index is 2.33. The second-order valence-electron chi connectivity index (χ2n) is 5.89. The first-order chi connectivity index (χ1) is 13.6. The third-order valence-electron chi connectivity index (χ3n) is 4.23. The molecule has 2 aromatic carbocycles. The lowest BCUT2D eigenvalue weighted by Gasteiger charge is -2.20. The Bertz CT molecular complexity index is 735. The maximum Gasteiger partial charge on any atom is 0.203 e. The zero-order valence-electron chi connectivity index (χ0n) is 17.0. The fraction of sp³-hybridized carbons (Fsp3) is 0.429. The summed E-state index contributed by atoms with van der Waals surface area (Å²) in [6.45, 7) is 2.48. The monoisotopic (exact) mass is 392 g/mol. The van der Waals surface area contributed by atoms with Crippen molar-refractivity contribution in [3.8, 4) is 28.7 Å². The van der Waals surface area contributed by atoms with Gasteiger partial charge in [0.2, 0.25) is 5.75 Å². The Morgan fingerprint density at radius 1 is 0.857 bits per heavy atom.